The monoisotopic (exact) mass is 164 g/mol. The Morgan fingerprint density at radius 2 is 2.42 bits per heavy atom. The number of fused-ring (bicyclic) bond motifs is 1. The van der Waals surface area contributed by atoms with Crippen LogP contribution in [0.1, 0.15) is 0 Å². The van der Waals surface area contributed by atoms with Crippen molar-refractivity contribution in [3.05, 3.63) is 35.7 Å². The van der Waals surface area contributed by atoms with Crippen LogP contribution in [0.25, 0.3) is 0 Å². The molecule has 0 amide bonds. The van der Waals surface area contributed by atoms with Crippen LogP contribution in [-0.2, 0) is 0 Å². The van der Waals surface area contributed by atoms with Crippen LogP contribution in [0.15, 0.2) is 35.7 Å². The second-order valence-electron chi connectivity index (χ2n) is 3.12. The maximum Gasteiger partial charge on any atom is 0.0665 e. The zero-order chi connectivity index (χ0) is 8.55. The van der Waals surface area contributed by atoms with E-state index in [1.165, 1.54) is 0 Å². The Bertz CT molecular complexity index is 278. The average Bonchev–Trinajstić information content (AvgIpc) is 2.46. The van der Waals surface area contributed by atoms with E-state index in [2.05, 4.69) is 5.32 Å². The van der Waals surface area contributed by atoms with Gasteiger partial charge in [0.2, 0.25) is 0 Å². The number of aliphatic hydroxyl groups excluding tert-OH is 1. The molecule has 0 fully saturated rings. The summed E-state index contributed by atoms with van der Waals surface area (Å²) in [6.45, 7) is 0.103. The van der Waals surface area contributed by atoms with Crippen LogP contribution < -0.4 is 11.1 Å². The molecule has 0 bridgehead atoms. The summed E-state index contributed by atoms with van der Waals surface area (Å²) in [5.41, 5.74) is 7.43. The fourth-order valence-electron chi connectivity index (χ4n) is 1.65. The van der Waals surface area contributed by atoms with E-state index in [1.807, 2.05) is 24.4 Å². The molecule has 64 valence electrons. The minimum atomic E-state index is 0.103. The number of hydrogen-bond donors (Lipinski definition) is 3. The SMILES string of the molecule is NC1=CC2C(CO)=CNC2C=C1. The Labute approximate surface area is 71.3 Å². The van der Waals surface area contributed by atoms with Crippen molar-refractivity contribution >= 4 is 0 Å². The minimum Gasteiger partial charge on any atom is -0.399 e. The molecule has 1 heterocycles. The van der Waals surface area contributed by atoms with E-state index >= 15 is 0 Å². The molecule has 0 aromatic rings. The highest BCUT2D eigenvalue weighted by Gasteiger charge is 2.27. The maximum absolute atomic E-state index is 8.99. The highest BCUT2D eigenvalue weighted by molar-refractivity contribution is 5.35. The largest absolute Gasteiger partial charge is 0.399 e. The normalized spacial score (nSPS) is 32.1. The standard InChI is InChI=1S/C9H12N2O/c10-7-1-2-9-8(3-7)6(5-12)4-11-9/h1-4,8-9,11-12H,5,10H2. The molecule has 1 aliphatic heterocycles. The van der Waals surface area contributed by atoms with E-state index in [9.17, 15) is 0 Å². The summed E-state index contributed by atoms with van der Waals surface area (Å²) < 4.78 is 0. The van der Waals surface area contributed by atoms with Gasteiger partial charge in [-0.25, -0.2) is 0 Å². The lowest BCUT2D eigenvalue weighted by molar-refractivity contribution is 0.320. The molecule has 2 atom stereocenters. The second-order valence-corrected chi connectivity index (χ2v) is 3.12. The Morgan fingerprint density at radius 1 is 1.58 bits per heavy atom. The first kappa shape index (κ1) is 7.43. The summed E-state index contributed by atoms with van der Waals surface area (Å²) >= 11 is 0. The van der Waals surface area contributed by atoms with E-state index in [1.54, 1.807) is 0 Å². The molecule has 0 spiro atoms. The van der Waals surface area contributed by atoms with E-state index < -0.39 is 0 Å². The molecule has 3 heteroatoms. The van der Waals surface area contributed by atoms with Gasteiger partial charge in [-0.3, -0.25) is 0 Å². The van der Waals surface area contributed by atoms with Gasteiger partial charge in [0.25, 0.3) is 0 Å². The molecule has 12 heavy (non-hydrogen) atoms. The summed E-state index contributed by atoms with van der Waals surface area (Å²) in [5, 5.41) is 12.2. The highest BCUT2D eigenvalue weighted by Crippen LogP contribution is 2.26. The van der Waals surface area contributed by atoms with Crippen molar-refractivity contribution in [2.24, 2.45) is 11.7 Å². The highest BCUT2D eigenvalue weighted by atomic mass is 16.3. The van der Waals surface area contributed by atoms with Gasteiger partial charge in [-0.2, -0.15) is 0 Å². The van der Waals surface area contributed by atoms with E-state index in [0.29, 0.717) is 6.04 Å². The Balaban J connectivity index is 2.24. The first-order chi connectivity index (χ1) is 5.81. The predicted molar refractivity (Wildman–Crippen MR) is 47.0 cm³/mol. The average molecular weight is 164 g/mol. The van der Waals surface area contributed by atoms with Crippen LogP contribution in [0.5, 0.6) is 0 Å². The van der Waals surface area contributed by atoms with Gasteiger partial charge in [0.1, 0.15) is 0 Å². The van der Waals surface area contributed by atoms with Crippen molar-refractivity contribution in [3.63, 3.8) is 0 Å². The molecule has 0 aromatic carbocycles. The first-order valence-electron chi connectivity index (χ1n) is 4.02. The molecular formula is C9H12N2O. The number of rotatable bonds is 1. The second kappa shape index (κ2) is 2.68. The lowest BCUT2D eigenvalue weighted by atomic mass is 9.91. The fraction of sp³-hybridized carbons (Fsp3) is 0.333. The third kappa shape index (κ3) is 1.02. The van der Waals surface area contributed by atoms with Crippen molar-refractivity contribution < 1.29 is 5.11 Å². The Kier molecular flexibility index (Phi) is 1.66. The van der Waals surface area contributed by atoms with E-state index in [-0.39, 0.29) is 12.5 Å². The quantitative estimate of drug-likeness (QED) is 0.505. The zero-order valence-electron chi connectivity index (χ0n) is 6.70. The van der Waals surface area contributed by atoms with Crippen molar-refractivity contribution in [1.29, 1.82) is 0 Å². The van der Waals surface area contributed by atoms with Crippen LogP contribution in [0.2, 0.25) is 0 Å². The molecule has 1 aliphatic carbocycles. The van der Waals surface area contributed by atoms with Crippen LogP contribution in [0.3, 0.4) is 0 Å². The maximum atomic E-state index is 8.99. The lowest BCUT2D eigenvalue weighted by Gasteiger charge is -2.19. The molecule has 2 aliphatic rings. The van der Waals surface area contributed by atoms with Gasteiger partial charge in [0.05, 0.1) is 12.6 Å². The Morgan fingerprint density at radius 3 is 3.17 bits per heavy atom. The molecule has 0 saturated heterocycles. The number of nitrogens with one attached hydrogen (secondary N) is 1. The lowest BCUT2D eigenvalue weighted by Crippen LogP contribution is -2.27. The molecule has 4 N–H and O–H groups in total. The van der Waals surface area contributed by atoms with Gasteiger partial charge >= 0.3 is 0 Å². The van der Waals surface area contributed by atoms with Crippen molar-refractivity contribution in [2.75, 3.05) is 6.61 Å². The summed E-state index contributed by atoms with van der Waals surface area (Å²) in [6, 6.07) is 0.291. The molecule has 0 aromatic heterocycles. The number of aliphatic hydroxyl groups is 1. The summed E-state index contributed by atoms with van der Waals surface area (Å²) in [6.07, 6.45) is 7.77. The van der Waals surface area contributed by atoms with Crippen molar-refractivity contribution in [1.82, 2.24) is 5.32 Å². The van der Waals surface area contributed by atoms with Gasteiger partial charge in [-0.1, -0.05) is 12.2 Å². The number of allylic oxidation sites excluding steroid dienone is 1. The summed E-state index contributed by atoms with van der Waals surface area (Å²) in [7, 11) is 0. The number of nitrogens with two attached hydrogens (primary N) is 1. The molecule has 2 unspecified atom stereocenters. The molecule has 3 nitrogen and oxygen atoms in total. The van der Waals surface area contributed by atoms with Crippen LogP contribution in [-0.4, -0.2) is 17.8 Å². The van der Waals surface area contributed by atoms with Crippen molar-refractivity contribution in [2.45, 2.75) is 6.04 Å². The van der Waals surface area contributed by atoms with Gasteiger partial charge in [-0.15, -0.1) is 0 Å². The fourth-order valence-corrected chi connectivity index (χ4v) is 1.65. The predicted octanol–water partition coefficient (Wildman–Crippen LogP) is -0.137. The third-order valence-electron chi connectivity index (χ3n) is 2.33. The van der Waals surface area contributed by atoms with Crippen LogP contribution >= 0.6 is 0 Å². The molecule has 0 saturated carbocycles. The molecular weight excluding hydrogens is 152 g/mol. The smallest absolute Gasteiger partial charge is 0.0665 e. The van der Waals surface area contributed by atoms with Gasteiger partial charge in [0, 0.05) is 11.6 Å². The minimum absolute atomic E-state index is 0.103. The summed E-state index contributed by atoms with van der Waals surface area (Å²) in [4.78, 5) is 0. The summed E-state index contributed by atoms with van der Waals surface area (Å²) in [5.74, 6) is 0.250. The molecule has 0 radical (unpaired) electrons. The topological polar surface area (TPSA) is 58.3 Å². The van der Waals surface area contributed by atoms with Crippen molar-refractivity contribution in [3.8, 4) is 0 Å². The van der Waals surface area contributed by atoms with E-state index in [4.69, 9.17) is 10.8 Å². The number of hydrogen-bond acceptors (Lipinski definition) is 3. The Hall–Kier alpha value is -1.22. The van der Waals surface area contributed by atoms with Crippen LogP contribution in [0.4, 0.5) is 0 Å². The third-order valence-corrected chi connectivity index (χ3v) is 2.33. The van der Waals surface area contributed by atoms with E-state index in [0.717, 1.165) is 11.3 Å². The zero-order valence-corrected chi connectivity index (χ0v) is 6.70. The van der Waals surface area contributed by atoms with Crippen LogP contribution in [0, 0.1) is 5.92 Å². The van der Waals surface area contributed by atoms with Gasteiger partial charge < -0.3 is 16.2 Å². The molecule has 2 rings (SSSR count). The van der Waals surface area contributed by atoms with Gasteiger partial charge in [-0.05, 0) is 17.8 Å². The van der Waals surface area contributed by atoms with Gasteiger partial charge in [0.15, 0.2) is 0 Å². The first-order valence-corrected chi connectivity index (χ1v) is 4.02.